The molecule has 1 aromatic rings. The second-order valence-electron chi connectivity index (χ2n) is 4.21. The van der Waals surface area contributed by atoms with Crippen LogP contribution in [-0.4, -0.2) is 18.6 Å². The van der Waals surface area contributed by atoms with Crippen LogP contribution >= 0.6 is 15.9 Å². The number of hydrogen-bond donors (Lipinski definition) is 1. The Morgan fingerprint density at radius 1 is 1.44 bits per heavy atom. The second-order valence-corrected chi connectivity index (χ2v) is 5.06. The summed E-state index contributed by atoms with van der Waals surface area (Å²) in [6.07, 6.45) is 0. The Kier molecular flexibility index (Phi) is 3.97. The maximum atomic E-state index is 11.5. The molecule has 0 spiro atoms. The molecule has 0 radical (unpaired) electrons. The largest absolute Gasteiger partial charge is 0.467 e. The van der Waals surface area contributed by atoms with Crippen LogP contribution in [0.2, 0.25) is 0 Å². The zero-order valence-electron chi connectivity index (χ0n) is 9.93. The van der Waals surface area contributed by atoms with Crippen molar-refractivity contribution in [3.63, 3.8) is 0 Å². The van der Waals surface area contributed by atoms with Gasteiger partial charge in [0.2, 0.25) is 0 Å². The van der Waals surface area contributed by atoms with Crippen LogP contribution in [0.4, 0.5) is 5.69 Å². The molecule has 0 fully saturated rings. The highest BCUT2D eigenvalue weighted by atomic mass is 79.9. The van der Waals surface area contributed by atoms with Gasteiger partial charge in [0.25, 0.3) is 0 Å². The van der Waals surface area contributed by atoms with Crippen LogP contribution in [-0.2, 0) is 9.53 Å². The van der Waals surface area contributed by atoms with Crippen molar-refractivity contribution in [3.8, 4) is 0 Å². The van der Waals surface area contributed by atoms with Crippen molar-refractivity contribution in [1.82, 2.24) is 0 Å². The maximum Gasteiger partial charge on any atom is 0.330 e. The summed E-state index contributed by atoms with van der Waals surface area (Å²) in [6, 6.07) is 5.87. The number of carbonyl (C=O) groups excluding carboxylic acids is 1. The van der Waals surface area contributed by atoms with E-state index in [-0.39, 0.29) is 5.97 Å². The van der Waals surface area contributed by atoms with Crippen molar-refractivity contribution < 1.29 is 9.53 Å². The summed E-state index contributed by atoms with van der Waals surface area (Å²) in [7, 11) is 1.39. The number of nitrogens with one attached hydrogen (secondary N) is 1. The van der Waals surface area contributed by atoms with Crippen LogP contribution < -0.4 is 5.32 Å². The third kappa shape index (κ3) is 2.98. The highest BCUT2D eigenvalue weighted by molar-refractivity contribution is 9.10. The van der Waals surface area contributed by atoms with Gasteiger partial charge in [0.05, 0.1) is 7.11 Å². The van der Waals surface area contributed by atoms with Gasteiger partial charge in [-0.15, -0.1) is 0 Å². The van der Waals surface area contributed by atoms with E-state index in [9.17, 15) is 4.79 Å². The fourth-order valence-electron chi connectivity index (χ4n) is 1.34. The molecule has 0 aliphatic rings. The highest BCUT2D eigenvalue weighted by Gasteiger charge is 2.28. The normalized spacial score (nSPS) is 11.1. The molecule has 0 saturated heterocycles. The summed E-state index contributed by atoms with van der Waals surface area (Å²) in [5, 5.41) is 3.13. The van der Waals surface area contributed by atoms with Crippen molar-refractivity contribution in [1.29, 1.82) is 0 Å². The standard InChI is InChI=1S/C12H16BrNO2/c1-8-5-6-9(7-10(8)13)14-12(2,3)11(15)16-4/h5-7,14H,1-4H3. The van der Waals surface area contributed by atoms with Gasteiger partial charge in [0, 0.05) is 10.2 Å². The molecule has 1 rings (SSSR count). The second kappa shape index (κ2) is 4.87. The lowest BCUT2D eigenvalue weighted by Gasteiger charge is -2.24. The minimum Gasteiger partial charge on any atom is -0.467 e. The van der Waals surface area contributed by atoms with E-state index in [1.807, 2.05) is 25.1 Å². The van der Waals surface area contributed by atoms with Crippen LogP contribution in [0.5, 0.6) is 0 Å². The van der Waals surface area contributed by atoms with Gasteiger partial charge in [-0.1, -0.05) is 22.0 Å². The first-order chi connectivity index (χ1) is 7.36. The van der Waals surface area contributed by atoms with Gasteiger partial charge in [-0.25, -0.2) is 4.79 Å². The molecule has 0 aliphatic heterocycles. The molecule has 0 unspecified atom stereocenters. The number of esters is 1. The Morgan fingerprint density at radius 3 is 2.56 bits per heavy atom. The molecule has 0 heterocycles. The Morgan fingerprint density at radius 2 is 2.06 bits per heavy atom. The van der Waals surface area contributed by atoms with Gasteiger partial charge in [-0.05, 0) is 38.5 Å². The molecule has 0 aromatic heterocycles. The number of benzene rings is 1. The summed E-state index contributed by atoms with van der Waals surface area (Å²) < 4.78 is 5.74. The zero-order chi connectivity index (χ0) is 12.3. The lowest BCUT2D eigenvalue weighted by molar-refractivity contribution is -0.144. The van der Waals surface area contributed by atoms with Crippen LogP contribution in [0, 0.1) is 6.92 Å². The summed E-state index contributed by atoms with van der Waals surface area (Å²) in [6.45, 7) is 5.58. The van der Waals surface area contributed by atoms with E-state index in [1.165, 1.54) is 7.11 Å². The minimum absolute atomic E-state index is 0.288. The molecule has 0 amide bonds. The van der Waals surface area contributed by atoms with Crippen LogP contribution in [0.25, 0.3) is 0 Å². The Bertz CT molecular complexity index is 402. The van der Waals surface area contributed by atoms with Gasteiger partial charge < -0.3 is 10.1 Å². The SMILES string of the molecule is COC(=O)C(C)(C)Nc1ccc(C)c(Br)c1. The Labute approximate surface area is 104 Å². The average Bonchev–Trinajstić information content (AvgIpc) is 2.22. The van der Waals surface area contributed by atoms with Crippen molar-refractivity contribution in [2.45, 2.75) is 26.3 Å². The third-order valence-corrected chi connectivity index (χ3v) is 3.18. The van der Waals surface area contributed by atoms with Crippen LogP contribution in [0.1, 0.15) is 19.4 Å². The predicted molar refractivity (Wildman–Crippen MR) is 68.6 cm³/mol. The molecule has 0 bridgehead atoms. The molecule has 1 N–H and O–H groups in total. The van der Waals surface area contributed by atoms with E-state index < -0.39 is 5.54 Å². The quantitative estimate of drug-likeness (QED) is 0.868. The first-order valence-electron chi connectivity index (χ1n) is 4.99. The monoisotopic (exact) mass is 285 g/mol. The highest BCUT2D eigenvalue weighted by Crippen LogP contribution is 2.23. The Balaban J connectivity index is 2.88. The minimum atomic E-state index is -0.733. The summed E-state index contributed by atoms with van der Waals surface area (Å²) >= 11 is 3.45. The maximum absolute atomic E-state index is 11.5. The molecule has 88 valence electrons. The van der Waals surface area contributed by atoms with E-state index in [0.717, 1.165) is 15.7 Å². The lowest BCUT2D eigenvalue weighted by atomic mass is 10.1. The number of anilines is 1. The summed E-state index contributed by atoms with van der Waals surface area (Å²) in [5.74, 6) is -0.288. The number of hydrogen-bond acceptors (Lipinski definition) is 3. The summed E-state index contributed by atoms with van der Waals surface area (Å²) in [5.41, 5.74) is 1.30. The fourth-order valence-corrected chi connectivity index (χ4v) is 1.72. The molecule has 16 heavy (non-hydrogen) atoms. The van der Waals surface area contributed by atoms with Crippen LogP contribution in [0.15, 0.2) is 22.7 Å². The van der Waals surface area contributed by atoms with Gasteiger partial charge >= 0.3 is 5.97 Å². The molecule has 4 heteroatoms. The van der Waals surface area contributed by atoms with Gasteiger partial charge in [0.15, 0.2) is 0 Å². The predicted octanol–water partition coefficient (Wildman–Crippen LogP) is 3.12. The van der Waals surface area contributed by atoms with Gasteiger partial charge in [0.1, 0.15) is 5.54 Å². The van der Waals surface area contributed by atoms with Crippen molar-refractivity contribution in [3.05, 3.63) is 28.2 Å². The van der Waals surface area contributed by atoms with Gasteiger partial charge in [-0.3, -0.25) is 0 Å². The van der Waals surface area contributed by atoms with Gasteiger partial charge in [-0.2, -0.15) is 0 Å². The Hall–Kier alpha value is -1.03. The van der Waals surface area contributed by atoms with E-state index >= 15 is 0 Å². The third-order valence-electron chi connectivity index (χ3n) is 2.32. The first-order valence-corrected chi connectivity index (χ1v) is 5.79. The first kappa shape index (κ1) is 13.0. The van der Waals surface area contributed by atoms with Crippen LogP contribution in [0.3, 0.4) is 0 Å². The number of methoxy groups -OCH3 is 1. The van der Waals surface area contributed by atoms with E-state index in [0.29, 0.717) is 0 Å². The van der Waals surface area contributed by atoms with Crippen molar-refractivity contribution in [2.24, 2.45) is 0 Å². The smallest absolute Gasteiger partial charge is 0.330 e. The molecule has 3 nitrogen and oxygen atoms in total. The number of halogens is 1. The molecule has 1 aromatic carbocycles. The number of carbonyl (C=O) groups is 1. The van der Waals surface area contributed by atoms with E-state index in [4.69, 9.17) is 4.74 Å². The molecular weight excluding hydrogens is 270 g/mol. The fraction of sp³-hybridized carbons (Fsp3) is 0.417. The number of rotatable bonds is 3. The zero-order valence-corrected chi connectivity index (χ0v) is 11.5. The number of aryl methyl sites for hydroxylation is 1. The molecular formula is C12H16BrNO2. The van der Waals surface area contributed by atoms with E-state index in [1.54, 1.807) is 13.8 Å². The van der Waals surface area contributed by atoms with Crippen molar-refractivity contribution >= 4 is 27.6 Å². The molecule has 0 aliphatic carbocycles. The lowest BCUT2D eigenvalue weighted by Crippen LogP contribution is -2.41. The topological polar surface area (TPSA) is 38.3 Å². The molecule has 0 atom stereocenters. The summed E-state index contributed by atoms with van der Waals surface area (Å²) in [4.78, 5) is 11.5. The number of ether oxygens (including phenoxy) is 1. The average molecular weight is 286 g/mol. The molecule has 0 saturated carbocycles. The van der Waals surface area contributed by atoms with E-state index in [2.05, 4.69) is 21.2 Å². The van der Waals surface area contributed by atoms with Crippen molar-refractivity contribution in [2.75, 3.05) is 12.4 Å².